The van der Waals surface area contributed by atoms with Gasteiger partial charge in [0.1, 0.15) is 18.2 Å². The average molecular weight is 248 g/mol. The first kappa shape index (κ1) is 10.6. The van der Waals surface area contributed by atoms with Crippen molar-refractivity contribution >= 4 is 11.3 Å². The Bertz CT molecular complexity index is 539. The van der Waals surface area contributed by atoms with Crippen molar-refractivity contribution in [2.24, 2.45) is 5.73 Å². The van der Waals surface area contributed by atoms with Gasteiger partial charge in [-0.15, -0.1) is 11.3 Å². The number of nitrogens with zero attached hydrogens (tertiary/aromatic N) is 1. The lowest BCUT2D eigenvalue weighted by atomic mass is 10.1. The van der Waals surface area contributed by atoms with E-state index in [-0.39, 0.29) is 0 Å². The summed E-state index contributed by atoms with van der Waals surface area (Å²) in [6, 6.07) is 5.87. The van der Waals surface area contributed by atoms with Crippen LogP contribution in [0.4, 0.5) is 0 Å². The Kier molecular flexibility index (Phi) is 2.70. The maximum absolute atomic E-state index is 5.56. The van der Waals surface area contributed by atoms with Crippen LogP contribution in [0.3, 0.4) is 0 Å². The summed E-state index contributed by atoms with van der Waals surface area (Å²) in [4.78, 5) is 4.45. The third-order valence-corrected chi connectivity index (χ3v) is 3.44. The molecule has 1 aromatic heterocycles. The number of ether oxygens (including phenoxy) is 2. The van der Waals surface area contributed by atoms with Crippen LogP contribution in [0.5, 0.6) is 11.5 Å². The molecule has 0 aliphatic carbocycles. The summed E-state index contributed by atoms with van der Waals surface area (Å²) in [7, 11) is 0. The standard InChI is InChI=1S/C12H12N2O2S/c13-6-12-14-9(7-17-12)8-1-2-10-11(5-8)16-4-3-15-10/h1-2,5,7H,3-4,6,13H2. The number of nitrogens with two attached hydrogens (primary N) is 1. The summed E-state index contributed by atoms with van der Waals surface area (Å²) in [5, 5.41) is 2.95. The molecule has 1 aromatic carbocycles. The Morgan fingerprint density at radius 2 is 2.06 bits per heavy atom. The van der Waals surface area contributed by atoms with E-state index >= 15 is 0 Å². The van der Waals surface area contributed by atoms with Crippen molar-refractivity contribution in [2.45, 2.75) is 6.54 Å². The summed E-state index contributed by atoms with van der Waals surface area (Å²) >= 11 is 1.57. The zero-order valence-corrected chi connectivity index (χ0v) is 10.00. The van der Waals surface area contributed by atoms with Gasteiger partial charge in [0, 0.05) is 17.5 Å². The van der Waals surface area contributed by atoms with Crippen LogP contribution in [-0.2, 0) is 6.54 Å². The van der Waals surface area contributed by atoms with Crippen molar-refractivity contribution in [3.05, 3.63) is 28.6 Å². The van der Waals surface area contributed by atoms with E-state index in [2.05, 4.69) is 4.98 Å². The second-order valence-corrected chi connectivity index (χ2v) is 4.63. The smallest absolute Gasteiger partial charge is 0.162 e. The van der Waals surface area contributed by atoms with Crippen LogP contribution in [0.2, 0.25) is 0 Å². The molecule has 0 amide bonds. The molecule has 0 spiro atoms. The van der Waals surface area contributed by atoms with Gasteiger partial charge in [-0.1, -0.05) is 0 Å². The molecule has 0 fully saturated rings. The molecule has 0 saturated carbocycles. The topological polar surface area (TPSA) is 57.4 Å². The zero-order valence-electron chi connectivity index (χ0n) is 9.18. The van der Waals surface area contributed by atoms with Crippen LogP contribution in [0, 0.1) is 0 Å². The second-order valence-electron chi connectivity index (χ2n) is 3.69. The van der Waals surface area contributed by atoms with E-state index in [0.29, 0.717) is 19.8 Å². The van der Waals surface area contributed by atoms with Crippen molar-refractivity contribution in [1.82, 2.24) is 4.98 Å². The molecule has 0 unspecified atom stereocenters. The molecule has 0 atom stereocenters. The largest absolute Gasteiger partial charge is 0.486 e. The van der Waals surface area contributed by atoms with E-state index in [9.17, 15) is 0 Å². The van der Waals surface area contributed by atoms with Crippen molar-refractivity contribution in [3.8, 4) is 22.8 Å². The van der Waals surface area contributed by atoms with Crippen LogP contribution in [-0.4, -0.2) is 18.2 Å². The number of thiazole rings is 1. The Labute approximate surface area is 103 Å². The van der Waals surface area contributed by atoms with Gasteiger partial charge in [-0.3, -0.25) is 0 Å². The molecule has 0 radical (unpaired) electrons. The lowest BCUT2D eigenvalue weighted by Crippen LogP contribution is -2.15. The lowest BCUT2D eigenvalue weighted by molar-refractivity contribution is 0.171. The minimum atomic E-state index is 0.481. The second kappa shape index (κ2) is 4.35. The van der Waals surface area contributed by atoms with Gasteiger partial charge in [-0.25, -0.2) is 4.98 Å². The fraction of sp³-hybridized carbons (Fsp3) is 0.250. The molecule has 0 bridgehead atoms. The normalized spacial score (nSPS) is 13.7. The molecule has 5 heteroatoms. The maximum atomic E-state index is 5.56. The third-order valence-electron chi connectivity index (χ3n) is 2.56. The van der Waals surface area contributed by atoms with Crippen molar-refractivity contribution in [1.29, 1.82) is 0 Å². The summed E-state index contributed by atoms with van der Waals surface area (Å²) in [6.45, 7) is 1.69. The monoisotopic (exact) mass is 248 g/mol. The molecule has 1 aliphatic rings. The van der Waals surface area contributed by atoms with E-state index in [4.69, 9.17) is 15.2 Å². The molecule has 17 heavy (non-hydrogen) atoms. The molecule has 4 nitrogen and oxygen atoms in total. The number of fused-ring (bicyclic) bond motifs is 1. The molecule has 0 saturated heterocycles. The number of benzene rings is 1. The predicted octanol–water partition coefficient (Wildman–Crippen LogP) is 2.04. The fourth-order valence-corrected chi connectivity index (χ4v) is 2.42. The molecular formula is C12H12N2O2S. The van der Waals surface area contributed by atoms with Gasteiger partial charge in [0.15, 0.2) is 11.5 Å². The van der Waals surface area contributed by atoms with E-state index in [1.165, 1.54) is 0 Å². The molecule has 2 heterocycles. The molecule has 1 aliphatic heterocycles. The average Bonchev–Trinajstić information content (AvgIpc) is 2.87. The van der Waals surface area contributed by atoms with Gasteiger partial charge >= 0.3 is 0 Å². The van der Waals surface area contributed by atoms with E-state index in [0.717, 1.165) is 27.8 Å². The Morgan fingerprint density at radius 1 is 1.24 bits per heavy atom. The number of rotatable bonds is 2. The quantitative estimate of drug-likeness (QED) is 0.883. The predicted molar refractivity (Wildman–Crippen MR) is 66.4 cm³/mol. The van der Waals surface area contributed by atoms with Crippen LogP contribution < -0.4 is 15.2 Å². The fourth-order valence-electron chi connectivity index (χ4n) is 1.74. The Balaban J connectivity index is 1.97. The first-order valence-electron chi connectivity index (χ1n) is 5.41. The summed E-state index contributed by atoms with van der Waals surface area (Å²) in [6.07, 6.45) is 0. The lowest BCUT2D eigenvalue weighted by Gasteiger charge is -2.18. The summed E-state index contributed by atoms with van der Waals surface area (Å²) in [5.74, 6) is 1.59. The van der Waals surface area contributed by atoms with E-state index in [1.54, 1.807) is 11.3 Å². The zero-order chi connectivity index (χ0) is 11.7. The number of hydrogen-bond acceptors (Lipinski definition) is 5. The van der Waals surface area contributed by atoms with Crippen LogP contribution >= 0.6 is 11.3 Å². The Hall–Kier alpha value is -1.59. The van der Waals surface area contributed by atoms with Gasteiger partial charge in [0.25, 0.3) is 0 Å². The van der Waals surface area contributed by atoms with Gasteiger partial charge < -0.3 is 15.2 Å². The van der Waals surface area contributed by atoms with Crippen LogP contribution in [0.25, 0.3) is 11.3 Å². The Morgan fingerprint density at radius 3 is 2.82 bits per heavy atom. The highest BCUT2D eigenvalue weighted by Gasteiger charge is 2.13. The highest BCUT2D eigenvalue weighted by atomic mass is 32.1. The summed E-state index contributed by atoms with van der Waals surface area (Å²) in [5.41, 5.74) is 7.53. The van der Waals surface area contributed by atoms with Gasteiger partial charge in [-0.05, 0) is 18.2 Å². The van der Waals surface area contributed by atoms with Crippen molar-refractivity contribution in [2.75, 3.05) is 13.2 Å². The van der Waals surface area contributed by atoms with E-state index < -0.39 is 0 Å². The third kappa shape index (κ3) is 1.99. The van der Waals surface area contributed by atoms with Crippen LogP contribution in [0.1, 0.15) is 5.01 Å². The molecule has 2 N–H and O–H groups in total. The number of aromatic nitrogens is 1. The molecule has 3 rings (SSSR count). The molecular weight excluding hydrogens is 236 g/mol. The maximum Gasteiger partial charge on any atom is 0.162 e. The number of hydrogen-bond donors (Lipinski definition) is 1. The van der Waals surface area contributed by atoms with Gasteiger partial charge in [0.2, 0.25) is 0 Å². The highest BCUT2D eigenvalue weighted by molar-refractivity contribution is 7.09. The SMILES string of the molecule is NCc1nc(-c2ccc3c(c2)OCCO3)cs1. The minimum Gasteiger partial charge on any atom is -0.486 e. The van der Waals surface area contributed by atoms with Crippen molar-refractivity contribution < 1.29 is 9.47 Å². The van der Waals surface area contributed by atoms with Crippen LogP contribution in [0.15, 0.2) is 23.6 Å². The van der Waals surface area contributed by atoms with E-state index in [1.807, 2.05) is 23.6 Å². The summed E-state index contributed by atoms with van der Waals surface area (Å²) < 4.78 is 11.0. The van der Waals surface area contributed by atoms with Gasteiger partial charge in [0.05, 0.1) is 5.69 Å². The molecule has 2 aromatic rings. The van der Waals surface area contributed by atoms with Crippen molar-refractivity contribution in [3.63, 3.8) is 0 Å². The highest BCUT2D eigenvalue weighted by Crippen LogP contribution is 2.34. The van der Waals surface area contributed by atoms with Gasteiger partial charge in [-0.2, -0.15) is 0 Å². The minimum absolute atomic E-state index is 0.481. The molecule has 88 valence electrons. The first-order valence-corrected chi connectivity index (χ1v) is 6.29. The first-order chi connectivity index (χ1) is 8.36.